The summed E-state index contributed by atoms with van der Waals surface area (Å²) in [6, 6.07) is 0. The lowest BCUT2D eigenvalue weighted by molar-refractivity contribution is -0.0551. The molecule has 15 heavy (non-hydrogen) atoms. The van der Waals surface area contributed by atoms with E-state index in [1.807, 2.05) is 0 Å². The first-order valence-corrected chi connectivity index (χ1v) is 5.80. The van der Waals surface area contributed by atoms with E-state index < -0.39 is 0 Å². The summed E-state index contributed by atoms with van der Waals surface area (Å²) in [5, 5.41) is 8.50. The van der Waals surface area contributed by atoms with Gasteiger partial charge in [-0.15, -0.1) is 0 Å². The number of aliphatic hydroxyl groups excluding tert-OH is 1. The maximum atomic E-state index is 8.50. The number of rotatable bonds is 9. The minimum absolute atomic E-state index is 0.0627. The van der Waals surface area contributed by atoms with Crippen LogP contribution in [0.3, 0.4) is 0 Å². The maximum Gasteiger partial charge on any atom is 0.0707 e. The first-order chi connectivity index (χ1) is 6.98. The summed E-state index contributed by atoms with van der Waals surface area (Å²) in [6.45, 7) is 10.3. The van der Waals surface area contributed by atoms with Crippen LogP contribution in [0.2, 0.25) is 0 Å². The van der Waals surface area contributed by atoms with Crippen molar-refractivity contribution in [2.75, 3.05) is 26.4 Å². The number of aliphatic hydroxyl groups is 1. The second-order valence-corrected chi connectivity index (χ2v) is 4.88. The molecule has 0 aliphatic rings. The predicted octanol–water partition coefficient (Wildman–Crippen LogP) is 2.23. The summed E-state index contributed by atoms with van der Waals surface area (Å²) in [4.78, 5) is 0. The molecule has 0 aliphatic carbocycles. The Morgan fingerprint density at radius 1 is 1.13 bits per heavy atom. The SMILES string of the molecule is CC(C)CCC(C)(C)OCCOCCO. The van der Waals surface area contributed by atoms with Gasteiger partial charge in [-0.05, 0) is 32.6 Å². The zero-order valence-corrected chi connectivity index (χ0v) is 10.6. The predicted molar refractivity (Wildman–Crippen MR) is 62.0 cm³/mol. The minimum Gasteiger partial charge on any atom is -0.394 e. The molecule has 0 unspecified atom stereocenters. The minimum atomic E-state index is -0.0627. The molecule has 0 radical (unpaired) electrons. The van der Waals surface area contributed by atoms with E-state index in [1.54, 1.807) is 0 Å². The fourth-order valence-corrected chi connectivity index (χ4v) is 1.25. The Morgan fingerprint density at radius 2 is 1.80 bits per heavy atom. The molecule has 0 aromatic heterocycles. The van der Waals surface area contributed by atoms with Crippen molar-refractivity contribution in [3.05, 3.63) is 0 Å². The molecule has 0 aromatic carbocycles. The molecule has 0 saturated heterocycles. The van der Waals surface area contributed by atoms with Crippen molar-refractivity contribution >= 4 is 0 Å². The van der Waals surface area contributed by atoms with E-state index >= 15 is 0 Å². The van der Waals surface area contributed by atoms with Gasteiger partial charge in [-0.2, -0.15) is 0 Å². The van der Waals surface area contributed by atoms with Crippen LogP contribution in [0.4, 0.5) is 0 Å². The Labute approximate surface area is 93.8 Å². The molecule has 0 rings (SSSR count). The fourth-order valence-electron chi connectivity index (χ4n) is 1.25. The van der Waals surface area contributed by atoms with Crippen molar-refractivity contribution < 1.29 is 14.6 Å². The quantitative estimate of drug-likeness (QED) is 0.603. The third kappa shape index (κ3) is 10.2. The van der Waals surface area contributed by atoms with Crippen molar-refractivity contribution in [1.29, 1.82) is 0 Å². The van der Waals surface area contributed by atoms with Gasteiger partial charge in [0.25, 0.3) is 0 Å². The van der Waals surface area contributed by atoms with Gasteiger partial charge in [-0.1, -0.05) is 13.8 Å². The molecule has 0 amide bonds. The largest absolute Gasteiger partial charge is 0.394 e. The van der Waals surface area contributed by atoms with Gasteiger partial charge in [-0.3, -0.25) is 0 Å². The Bertz CT molecular complexity index is 144. The van der Waals surface area contributed by atoms with Crippen molar-refractivity contribution in [3.63, 3.8) is 0 Å². The molecular weight excluding hydrogens is 192 g/mol. The fraction of sp³-hybridized carbons (Fsp3) is 1.00. The van der Waals surface area contributed by atoms with Crippen molar-refractivity contribution in [1.82, 2.24) is 0 Å². The summed E-state index contributed by atoms with van der Waals surface area (Å²) < 4.78 is 10.8. The molecule has 0 aromatic rings. The molecule has 92 valence electrons. The highest BCUT2D eigenvalue weighted by Gasteiger charge is 2.18. The van der Waals surface area contributed by atoms with Gasteiger partial charge >= 0.3 is 0 Å². The third-order valence-corrected chi connectivity index (χ3v) is 2.28. The lowest BCUT2D eigenvalue weighted by Gasteiger charge is -2.26. The highest BCUT2D eigenvalue weighted by molar-refractivity contribution is 4.69. The summed E-state index contributed by atoms with van der Waals surface area (Å²) >= 11 is 0. The van der Waals surface area contributed by atoms with Gasteiger partial charge in [0, 0.05) is 0 Å². The molecule has 0 aliphatic heterocycles. The van der Waals surface area contributed by atoms with Gasteiger partial charge in [0.2, 0.25) is 0 Å². The molecular formula is C12H26O3. The smallest absolute Gasteiger partial charge is 0.0707 e. The van der Waals surface area contributed by atoms with E-state index in [1.165, 1.54) is 6.42 Å². The lowest BCUT2D eigenvalue weighted by Crippen LogP contribution is -2.27. The van der Waals surface area contributed by atoms with Gasteiger partial charge in [0.15, 0.2) is 0 Å². The standard InChI is InChI=1S/C12H26O3/c1-11(2)5-6-12(3,4)15-10-9-14-8-7-13/h11,13H,5-10H2,1-4H3. The summed E-state index contributed by atoms with van der Waals surface area (Å²) in [6.07, 6.45) is 2.26. The van der Waals surface area contributed by atoms with Gasteiger partial charge in [0.05, 0.1) is 32.0 Å². The van der Waals surface area contributed by atoms with E-state index in [9.17, 15) is 0 Å². The molecule has 0 heterocycles. The number of hydrogen-bond acceptors (Lipinski definition) is 3. The molecule has 3 nitrogen and oxygen atoms in total. The normalized spacial score (nSPS) is 12.4. The maximum absolute atomic E-state index is 8.50. The average Bonchev–Trinajstić information content (AvgIpc) is 2.15. The average molecular weight is 218 g/mol. The van der Waals surface area contributed by atoms with E-state index in [0.717, 1.165) is 12.3 Å². The number of ether oxygens (including phenoxy) is 2. The van der Waals surface area contributed by atoms with Crippen LogP contribution in [0.5, 0.6) is 0 Å². The van der Waals surface area contributed by atoms with Crippen LogP contribution in [0.1, 0.15) is 40.5 Å². The second-order valence-electron chi connectivity index (χ2n) is 4.88. The molecule has 0 fully saturated rings. The highest BCUT2D eigenvalue weighted by Crippen LogP contribution is 2.19. The van der Waals surface area contributed by atoms with Crippen molar-refractivity contribution in [2.45, 2.75) is 46.1 Å². The first kappa shape index (κ1) is 14.9. The van der Waals surface area contributed by atoms with Crippen LogP contribution in [-0.4, -0.2) is 37.1 Å². The van der Waals surface area contributed by atoms with Crippen LogP contribution in [-0.2, 0) is 9.47 Å². The number of hydrogen-bond donors (Lipinski definition) is 1. The third-order valence-electron chi connectivity index (χ3n) is 2.28. The molecule has 0 atom stereocenters. The van der Waals surface area contributed by atoms with Gasteiger partial charge in [0.1, 0.15) is 0 Å². The Kier molecular flexibility index (Phi) is 8.02. The first-order valence-electron chi connectivity index (χ1n) is 5.80. The highest BCUT2D eigenvalue weighted by atomic mass is 16.5. The van der Waals surface area contributed by atoms with Crippen molar-refractivity contribution in [2.24, 2.45) is 5.92 Å². The van der Waals surface area contributed by atoms with Crippen LogP contribution in [0.15, 0.2) is 0 Å². The van der Waals surface area contributed by atoms with E-state index in [-0.39, 0.29) is 12.2 Å². The van der Waals surface area contributed by atoms with Crippen LogP contribution >= 0.6 is 0 Å². The Balaban J connectivity index is 3.46. The van der Waals surface area contributed by atoms with Crippen LogP contribution < -0.4 is 0 Å². The van der Waals surface area contributed by atoms with E-state index in [4.69, 9.17) is 14.6 Å². The summed E-state index contributed by atoms with van der Waals surface area (Å²) in [7, 11) is 0. The summed E-state index contributed by atoms with van der Waals surface area (Å²) in [5.41, 5.74) is -0.0627. The molecule has 0 bridgehead atoms. The Morgan fingerprint density at radius 3 is 2.33 bits per heavy atom. The zero-order valence-electron chi connectivity index (χ0n) is 10.6. The van der Waals surface area contributed by atoms with Crippen molar-refractivity contribution in [3.8, 4) is 0 Å². The van der Waals surface area contributed by atoms with Gasteiger partial charge < -0.3 is 14.6 Å². The lowest BCUT2D eigenvalue weighted by atomic mass is 9.97. The van der Waals surface area contributed by atoms with Gasteiger partial charge in [-0.25, -0.2) is 0 Å². The zero-order chi connectivity index (χ0) is 11.7. The second kappa shape index (κ2) is 8.08. The van der Waals surface area contributed by atoms with E-state index in [2.05, 4.69) is 27.7 Å². The molecule has 0 spiro atoms. The molecule has 1 N–H and O–H groups in total. The van der Waals surface area contributed by atoms with Crippen LogP contribution in [0, 0.1) is 5.92 Å². The summed E-state index contributed by atoms with van der Waals surface area (Å²) in [5.74, 6) is 0.721. The molecule has 0 saturated carbocycles. The monoisotopic (exact) mass is 218 g/mol. The Hall–Kier alpha value is -0.120. The molecule has 3 heteroatoms. The van der Waals surface area contributed by atoms with Crippen LogP contribution in [0.25, 0.3) is 0 Å². The topological polar surface area (TPSA) is 38.7 Å². The van der Waals surface area contributed by atoms with E-state index in [0.29, 0.717) is 19.8 Å².